The van der Waals surface area contributed by atoms with Crippen LogP contribution in [0.3, 0.4) is 0 Å². The largest absolute Gasteiger partial charge is 0.481 e. The fourth-order valence-corrected chi connectivity index (χ4v) is 3.97. The molecule has 3 rings (SSSR count). The summed E-state index contributed by atoms with van der Waals surface area (Å²) in [5.41, 5.74) is 0.561. The van der Waals surface area contributed by atoms with Gasteiger partial charge in [-0.3, -0.25) is 10.00 Å². The highest BCUT2D eigenvalue weighted by molar-refractivity contribution is 7.90. The lowest BCUT2D eigenvalue weighted by Crippen LogP contribution is -2.36. The molecule has 2 aromatic heterocycles. The molecule has 180 valence electrons. The van der Waals surface area contributed by atoms with Crippen LogP contribution in [0.15, 0.2) is 47.6 Å². The molecule has 0 unspecified atom stereocenters. The van der Waals surface area contributed by atoms with Crippen molar-refractivity contribution in [1.82, 2.24) is 24.5 Å². The third-order valence-corrected chi connectivity index (χ3v) is 5.65. The summed E-state index contributed by atoms with van der Waals surface area (Å²) in [4.78, 5) is 32.5. The van der Waals surface area contributed by atoms with Gasteiger partial charge in [0.2, 0.25) is 17.7 Å². The van der Waals surface area contributed by atoms with Gasteiger partial charge in [-0.05, 0) is 12.5 Å². The van der Waals surface area contributed by atoms with E-state index in [1.165, 1.54) is 20.2 Å². The second kappa shape index (κ2) is 10.6. The van der Waals surface area contributed by atoms with Crippen LogP contribution >= 0.6 is 0 Å². The Hall–Kier alpha value is -4.20. The second-order valence-corrected chi connectivity index (χ2v) is 8.21. The zero-order valence-corrected chi connectivity index (χ0v) is 19.3. The molecule has 0 bridgehead atoms. The number of carbonyl (C=O) groups is 2. The predicted octanol–water partition coefficient (Wildman–Crippen LogP) is 1.48. The maximum absolute atomic E-state index is 12.8. The Morgan fingerprint density at radius 3 is 2.50 bits per heavy atom. The number of nitrogens with one attached hydrogen (secondary N) is 2. The van der Waals surface area contributed by atoms with E-state index < -0.39 is 27.0 Å². The van der Waals surface area contributed by atoms with E-state index in [4.69, 9.17) is 14.2 Å². The number of hydrogen-bond acceptors (Lipinski definition) is 10. The lowest BCUT2D eigenvalue weighted by Gasteiger charge is -2.11. The minimum Gasteiger partial charge on any atom is -0.481 e. The number of esters is 1. The van der Waals surface area contributed by atoms with E-state index in [1.54, 1.807) is 11.6 Å². The number of ether oxygens (including phenoxy) is 3. The molecule has 0 fully saturated rings. The van der Waals surface area contributed by atoms with Crippen LogP contribution in [0.2, 0.25) is 0 Å². The summed E-state index contributed by atoms with van der Waals surface area (Å²) >= 11 is 0. The fourth-order valence-electron chi connectivity index (χ4n) is 2.76. The lowest BCUT2D eigenvalue weighted by atomic mass is 10.2. The van der Waals surface area contributed by atoms with Crippen molar-refractivity contribution < 1.29 is 32.2 Å². The molecule has 2 N–H and O–H groups in total. The number of aromatic nitrogens is 4. The Morgan fingerprint density at radius 1 is 1.12 bits per heavy atom. The van der Waals surface area contributed by atoms with Crippen LogP contribution < -0.4 is 19.5 Å². The van der Waals surface area contributed by atoms with E-state index in [0.29, 0.717) is 0 Å². The number of carbonyl (C=O) groups excluding carboxylic acids is 2. The minimum absolute atomic E-state index is 0.0307. The summed E-state index contributed by atoms with van der Waals surface area (Å²) in [5, 5.41) is 5.43. The molecule has 14 heteroatoms. The zero-order chi connectivity index (χ0) is 24.7. The molecular formula is C20H22N6O7S. The third-order valence-electron chi connectivity index (χ3n) is 4.20. The highest BCUT2D eigenvalue weighted by Gasteiger charge is 2.30. The van der Waals surface area contributed by atoms with Gasteiger partial charge >= 0.3 is 12.0 Å². The van der Waals surface area contributed by atoms with Crippen LogP contribution in [-0.4, -0.2) is 53.9 Å². The molecule has 0 radical (unpaired) electrons. The number of hydrogen-bond donors (Lipinski definition) is 2. The third kappa shape index (κ3) is 5.98. The summed E-state index contributed by atoms with van der Waals surface area (Å²) in [6.45, 7) is 1.79. The van der Waals surface area contributed by atoms with Crippen molar-refractivity contribution >= 4 is 28.0 Å². The van der Waals surface area contributed by atoms with Crippen LogP contribution in [0.1, 0.15) is 22.8 Å². The average Bonchev–Trinajstić information content (AvgIpc) is 3.20. The first-order valence-corrected chi connectivity index (χ1v) is 11.3. The molecule has 2 amide bonds. The Labute approximate surface area is 195 Å². The smallest absolute Gasteiger partial charge is 0.342 e. The quantitative estimate of drug-likeness (QED) is 0.420. The molecule has 0 aliphatic rings. The number of sulfonamides is 1. The number of benzene rings is 1. The molecule has 0 atom stereocenters. The highest BCUT2D eigenvalue weighted by atomic mass is 32.2. The number of urea groups is 1. The van der Waals surface area contributed by atoms with Gasteiger partial charge in [-0.25, -0.2) is 14.3 Å². The molecule has 13 nitrogen and oxygen atoms in total. The van der Waals surface area contributed by atoms with Crippen molar-refractivity contribution in [2.24, 2.45) is 7.05 Å². The van der Waals surface area contributed by atoms with Crippen LogP contribution in [0.5, 0.6) is 11.8 Å². The van der Waals surface area contributed by atoms with E-state index in [9.17, 15) is 18.0 Å². The molecule has 0 spiro atoms. The number of anilines is 1. The van der Waals surface area contributed by atoms with Gasteiger partial charge in [-0.1, -0.05) is 30.3 Å². The van der Waals surface area contributed by atoms with Gasteiger partial charge in [0.25, 0.3) is 10.0 Å². The number of rotatable bonds is 9. The number of aryl methyl sites for hydroxylation is 1. The van der Waals surface area contributed by atoms with E-state index in [-0.39, 0.29) is 36.5 Å². The summed E-state index contributed by atoms with van der Waals surface area (Å²) in [5.74, 6) is -1.00. The normalized spacial score (nSPS) is 10.9. The van der Waals surface area contributed by atoms with Gasteiger partial charge in [0, 0.05) is 7.05 Å². The van der Waals surface area contributed by atoms with E-state index in [0.717, 1.165) is 16.4 Å². The number of nitrogens with zero attached hydrogens (tertiary/aromatic N) is 4. The number of methoxy groups -OCH3 is 1. The summed E-state index contributed by atoms with van der Waals surface area (Å²) in [6, 6.07) is 9.52. The van der Waals surface area contributed by atoms with Crippen LogP contribution in [-0.2, 0) is 28.4 Å². The van der Waals surface area contributed by atoms with E-state index in [1.807, 2.05) is 30.3 Å². The Kier molecular flexibility index (Phi) is 7.63. The van der Waals surface area contributed by atoms with E-state index in [2.05, 4.69) is 20.4 Å². The van der Waals surface area contributed by atoms with Crippen molar-refractivity contribution in [1.29, 1.82) is 0 Å². The highest BCUT2D eigenvalue weighted by Crippen LogP contribution is 2.20. The first kappa shape index (κ1) is 24.4. The number of amides is 2. The Balaban J connectivity index is 1.75. The van der Waals surface area contributed by atoms with Crippen molar-refractivity contribution in [2.75, 3.05) is 19.0 Å². The van der Waals surface area contributed by atoms with Crippen LogP contribution in [0.25, 0.3) is 0 Å². The molecule has 0 aliphatic heterocycles. The van der Waals surface area contributed by atoms with Gasteiger partial charge in [0.1, 0.15) is 12.2 Å². The first-order valence-electron chi connectivity index (χ1n) is 9.86. The second-order valence-electron chi connectivity index (χ2n) is 6.61. The van der Waals surface area contributed by atoms with Crippen molar-refractivity contribution in [3.8, 4) is 11.8 Å². The van der Waals surface area contributed by atoms with Crippen molar-refractivity contribution in [3.63, 3.8) is 0 Å². The fraction of sp³-hybridized carbons (Fsp3) is 0.250. The van der Waals surface area contributed by atoms with E-state index >= 15 is 0 Å². The van der Waals surface area contributed by atoms with Gasteiger partial charge in [0.05, 0.1) is 26.0 Å². The molecule has 2 heterocycles. The minimum atomic E-state index is -4.51. The van der Waals surface area contributed by atoms with Gasteiger partial charge < -0.3 is 14.2 Å². The Morgan fingerprint density at radius 2 is 1.82 bits per heavy atom. The zero-order valence-electron chi connectivity index (χ0n) is 18.5. The first-order chi connectivity index (χ1) is 16.2. The van der Waals surface area contributed by atoms with Gasteiger partial charge in [-0.2, -0.15) is 23.5 Å². The molecule has 34 heavy (non-hydrogen) atoms. The van der Waals surface area contributed by atoms with Crippen LogP contribution in [0.4, 0.5) is 10.7 Å². The maximum Gasteiger partial charge on any atom is 0.342 e. The molecular weight excluding hydrogens is 468 g/mol. The summed E-state index contributed by atoms with van der Waals surface area (Å²) < 4.78 is 43.8. The average molecular weight is 490 g/mol. The maximum atomic E-state index is 12.8. The molecule has 3 aromatic rings. The molecule has 0 aliphatic carbocycles. The Bertz CT molecular complexity index is 1280. The lowest BCUT2D eigenvalue weighted by molar-refractivity contribution is 0.0521. The van der Waals surface area contributed by atoms with Crippen molar-refractivity contribution in [3.05, 3.63) is 53.7 Å². The molecule has 0 saturated heterocycles. The monoisotopic (exact) mass is 490 g/mol. The standard InChI is InChI=1S/C20H22N6O7S/c1-4-32-18(27)14-11-21-26(2)17(14)34(29,30)25-20(28)24-19-22-15(31-3)10-16(23-19)33-12-13-8-6-5-7-9-13/h5-11H,4,12H2,1-3H3,(H2,22,23,24,25,28). The van der Waals surface area contributed by atoms with Gasteiger partial charge in [-0.15, -0.1) is 0 Å². The molecule has 0 saturated carbocycles. The topological polar surface area (TPSA) is 164 Å². The summed E-state index contributed by atoms with van der Waals surface area (Å²) in [7, 11) is -1.85. The molecule has 1 aromatic carbocycles. The predicted molar refractivity (Wildman–Crippen MR) is 118 cm³/mol. The summed E-state index contributed by atoms with van der Waals surface area (Å²) in [6.07, 6.45) is 1.03. The van der Waals surface area contributed by atoms with Crippen LogP contribution in [0, 0.1) is 0 Å². The van der Waals surface area contributed by atoms with Gasteiger partial charge in [0.15, 0.2) is 5.03 Å². The SMILES string of the molecule is CCOC(=O)c1cnn(C)c1S(=O)(=O)NC(=O)Nc1nc(OC)cc(OCc2ccccc2)n1. The van der Waals surface area contributed by atoms with Crippen molar-refractivity contribution in [2.45, 2.75) is 18.6 Å².